The van der Waals surface area contributed by atoms with Gasteiger partial charge in [-0.05, 0) is 36.1 Å². The molecule has 2 aromatic carbocycles. The maximum atomic E-state index is 13.2. The molecule has 1 N–H and O–H groups in total. The molecule has 1 amide bonds. The summed E-state index contributed by atoms with van der Waals surface area (Å²) in [6.45, 7) is 1.76. The van der Waals surface area contributed by atoms with Crippen molar-refractivity contribution in [1.29, 1.82) is 0 Å². The van der Waals surface area contributed by atoms with Crippen LogP contribution in [-0.2, 0) is 16.0 Å². The average molecular weight is 490 g/mol. The number of carbonyl (C=O) groups excluding carboxylic acids is 2. The molecule has 9 nitrogen and oxygen atoms in total. The molecule has 0 bridgehead atoms. The Morgan fingerprint density at radius 3 is 2.61 bits per heavy atom. The van der Waals surface area contributed by atoms with E-state index in [9.17, 15) is 9.59 Å². The van der Waals surface area contributed by atoms with Gasteiger partial charge in [0.1, 0.15) is 5.75 Å². The SMILES string of the molecule is COC(=O)c1cn([C@H]2C[C@@H](C(=O)NCCc3ccccc3)N(C/C=C/c3ccc(OC)cc3)C2)nn1. The molecule has 0 unspecified atom stereocenters. The summed E-state index contributed by atoms with van der Waals surface area (Å²) in [7, 11) is 2.95. The van der Waals surface area contributed by atoms with Gasteiger partial charge in [-0.25, -0.2) is 9.48 Å². The highest BCUT2D eigenvalue weighted by atomic mass is 16.5. The summed E-state index contributed by atoms with van der Waals surface area (Å²) in [5.41, 5.74) is 2.38. The van der Waals surface area contributed by atoms with Crippen LogP contribution in [0.25, 0.3) is 6.08 Å². The Labute approximate surface area is 210 Å². The fourth-order valence-electron chi connectivity index (χ4n) is 4.33. The zero-order valence-corrected chi connectivity index (χ0v) is 20.5. The van der Waals surface area contributed by atoms with Crippen molar-refractivity contribution >= 4 is 18.0 Å². The van der Waals surface area contributed by atoms with Crippen LogP contribution < -0.4 is 10.1 Å². The quantitative estimate of drug-likeness (QED) is 0.437. The maximum absolute atomic E-state index is 13.2. The van der Waals surface area contributed by atoms with Crippen LogP contribution in [0.2, 0.25) is 0 Å². The molecule has 2 atom stereocenters. The lowest BCUT2D eigenvalue weighted by Gasteiger charge is -2.22. The second-order valence-corrected chi connectivity index (χ2v) is 8.64. The minimum atomic E-state index is -0.534. The highest BCUT2D eigenvalue weighted by Gasteiger charge is 2.37. The number of carbonyl (C=O) groups is 2. The molecule has 1 aliphatic rings. The van der Waals surface area contributed by atoms with Crippen LogP contribution >= 0.6 is 0 Å². The van der Waals surface area contributed by atoms with Gasteiger partial charge in [0.2, 0.25) is 5.91 Å². The molecule has 188 valence electrons. The van der Waals surface area contributed by atoms with Crippen LogP contribution in [0.15, 0.2) is 66.9 Å². The van der Waals surface area contributed by atoms with E-state index in [1.807, 2.05) is 48.5 Å². The second-order valence-electron chi connectivity index (χ2n) is 8.64. The van der Waals surface area contributed by atoms with Crippen LogP contribution in [0.3, 0.4) is 0 Å². The minimum Gasteiger partial charge on any atom is -0.497 e. The molecule has 0 radical (unpaired) electrons. The number of nitrogens with one attached hydrogen (secondary N) is 1. The van der Waals surface area contributed by atoms with E-state index < -0.39 is 5.97 Å². The van der Waals surface area contributed by atoms with E-state index in [1.54, 1.807) is 18.0 Å². The van der Waals surface area contributed by atoms with Crippen molar-refractivity contribution in [2.75, 3.05) is 33.9 Å². The van der Waals surface area contributed by atoms with Gasteiger partial charge in [-0.15, -0.1) is 5.10 Å². The van der Waals surface area contributed by atoms with Gasteiger partial charge < -0.3 is 14.8 Å². The summed E-state index contributed by atoms with van der Waals surface area (Å²) >= 11 is 0. The average Bonchev–Trinajstić information content (AvgIpc) is 3.57. The number of benzene rings is 2. The lowest BCUT2D eigenvalue weighted by molar-refractivity contribution is -0.125. The van der Waals surface area contributed by atoms with Crippen molar-refractivity contribution in [3.05, 3.63) is 83.7 Å². The van der Waals surface area contributed by atoms with Gasteiger partial charge in [0.15, 0.2) is 5.69 Å². The number of likely N-dealkylation sites (tertiary alicyclic amines) is 1. The lowest BCUT2D eigenvalue weighted by atomic mass is 10.1. The summed E-state index contributed by atoms with van der Waals surface area (Å²) in [5, 5.41) is 11.1. The number of methoxy groups -OCH3 is 2. The Bertz CT molecular complexity index is 1180. The summed E-state index contributed by atoms with van der Waals surface area (Å²) in [4.78, 5) is 27.1. The zero-order valence-electron chi connectivity index (χ0n) is 20.5. The molecule has 4 rings (SSSR count). The molecule has 1 aliphatic heterocycles. The van der Waals surface area contributed by atoms with Crippen LogP contribution in [0, 0.1) is 0 Å². The van der Waals surface area contributed by atoms with Gasteiger partial charge in [-0.3, -0.25) is 9.69 Å². The number of nitrogens with zero attached hydrogens (tertiary/aromatic N) is 4. The van der Waals surface area contributed by atoms with E-state index in [1.165, 1.54) is 12.7 Å². The molecule has 1 saturated heterocycles. The zero-order chi connectivity index (χ0) is 25.3. The van der Waals surface area contributed by atoms with E-state index in [0.29, 0.717) is 26.1 Å². The first kappa shape index (κ1) is 25.1. The molecule has 9 heteroatoms. The molecule has 1 aromatic heterocycles. The van der Waals surface area contributed by atoms with E-state index in [0.717, 1.165) is 17.7 Å². The molecule has 3 aromatic rings. The van der Waals surface area contributed by atoms with Crippen LogP contribution in [0.5, 0.6) is 5.75 Å². The first-order valence-corrected chi connectivity index (χ1v) is 11.9. The van der Waals surface area contributed by atoms with Crippen LogP contribution in [0.4, 0.5) is 0 Å². The van der Waals surface area contributed by atoms with E-state index in [2.05, 4.69) is 38.7 Å². The number of hydrogen-bond acceptors (Lipinski definition) is 7. The van der Waals surface area contributed by atoms with Crippen molar-refractivity contribution < 1.29 is 19.1 Å². The summed E-state index contributed by atoms with van der Waals surface area (Å²) in [6, 6.07) is 17.5. The van der Waals surface area contributed by atoms with Gasteiger partial charge in [0.25, 0.3) is 0 Å². The normalized spacial score (nSPS) is 17.8. The van der Waals surface area contributed by atoms with Crippen LogP contribution in [-0.4, -0.2) is 71.7 Å². The Hall–Kier alpha value is -3.98. The topological polar surface area (TPSA) is 98.6 Å². The molecule has 2 heterocycles. The summed E-state index contributed by atoms with van der Waals surface area (Å²) < 4.78 is 11.6. The van der Waals surface area contributed by atoms with Gasteiger partial charge in [-0.2, -0.15) is 0 Å². The smallest absolute Gasteiger partial charge is 0.360 e. The number of esters is 1. The first-order valence-electron chi connectivity index (χ1n) is 11.9. The van der Waals surface area contributed by atoms with E-state index in [4.69, 9.17) is 9.47 Å². The molecular formula is C27H31N5O4. The lowest BCUT2D eigenvalue weighted by Crippen LogP contribution is -2.43. The van der Waals surface area contributed by atoms with Crippen molar-refractivity contribution in [3.8, 4) is 5.75 Å². The third-order valence-electron chi connectivity index (χ3n) is 6.28. The maximum Gasteiger partial charge on any atom is 0.360 e. The van der Waals surface area contributed by atoms with Crippen molar-refractivity contribution in [2.45, 2.75) is 24.9 Å². The number of ether oxygens (including phenoxy) is 2. The molecular weight excluding hydrogens is 458 g/mol. The highest BCUT2D eigenvalue weighted by Crippen LogP contribution is 2.27. The Balaban J connectivity index is 1.42. The number of aromatic nitrogens is 3. The Morgan fingerprint density at radius 2 is 1.89 bits per heavy atom. The number of amides is 1. The largest absolute Gasteiger partial charge is 0.497 e. The fourth-order valence-corrected chi connectivity index (χ4v) is 4.33. The fraction of sp³-hybridized carbons (Fsp3) is 0.333. The standard InChI is InChI=1S/C27H31N5O4/c1-35-23-12-10-21(11-13-23)9-6-16-31-18-22(32-19-24(29-30-32)27(34)36-2)17-25(31)26(33)28-15-14-20-7-4-3-5-8-20/h3-13,19,22,25H,14-18H2,1-2H3,(H,28,33)/b9-6+/t22-,25-/m0/s1. The van der Waals surface area contributed by atoms with Gasteiger partial charge in [0.05, 0.1) is 32.5 Å². The monoisotopic (exact) mass is 489 g/mol. The number of hydrogen-bond donors (Lipinski definition) is 1. The van der Waals surface area contributed by atoms with Crippen molar-refractivity contribution in [2.24, 2.45) is 0 Å². The van der Waals surface area contributed by atoms with E-state index in [-0.39, 0.29) is 23.7 Å². The van der Waals surface area contributed by atoms with Crippen LogP contribution in [0.1, 0.15) is 34.1 Å². The third-order valence-corrected chi connectivity index (χ3v) is 6.28. The first-order chi connectivity index (χ1) is 17.6. The highest BCUT2D eigenvalue weighted by molar-refractivity contribution is 5.86. The minimum absolute atomic E-state index is 0.0143. The Kier molecular flexibility index (Phi) is 8.46. The van der Waals surface area contributed by atoms with Gasteiger partial charge >= 0.3 is 5.97 Å². The molecule has 1 fully saturated rings. The van der Waals surface area contributed by atoms with Gasteiger partial charge in [0, 0.05) is 19.6 Å². The summed E-state index contributed by atoms with van der Waals surface area (Å²) in [6.07, 6.45) is 7.00. The third kappa shape index (κ3) is 6.37. The molecule has 36 heavy (non-hydrogen) atoms. The molecule has 0 saturated carbocycles. The Morgan fingerprint density at radius 1 is 1.11 bits per heavy atom. The van der Waals surface area contributed by atoms with Crippen molar-refractivity contribution in [3.63, 3.8) is 0 Å². The number of rotatable bonds is 10. The second kappa shape index (κ2) is 12.1. The predicted octanol–water partition coefficient (Wildman–Crippen LogP) is 2.76. The molecule has 0 aliphatic carbocycles. The summed E-state index contributed by atoms with van der Waals surface area (Å²) in [5.74, 6) is 0.259. The van der Waals surface area contributed by atoms with Crippen molar-refractivity contribution in [1.82, 2.24) is 25.2 Å². The van der Waals surface area contributed by atoms with E-state index >= 15 is 0 Å². The molecule has 0 spiro atoms. The predicted molar refractivity (Wildman–Crippen MR) is 136 cm³/mol. The van der Waals surface area contributed by atoms with Gasteiger partial charge in [-0.1, -0.05) is 59.8 Å².